The highest BCUT2D eigenvalue weighted by Gasteiger charge is 2.38. The maximum atomic E-state index is 15.8. The number of piperidine rings is 3. The number of pyridine rings is 1. The highest BCUT2D eigenvalue weighted by Crippen LogP contribution is 2.36. The predicted molar refractivity (Wildman–Crippen MR) is 238 cm³/mol. The summed E-state index contributed by atoms with van der Waals surface area (Å²) in [5.41, 5.74) is 3.02. The molecule has 0 radical (unpaired) electrons. The van der Waals surface area contributed by atoms with Crippen molar-refractivity contribution in [1.29, 1.82) is 0 Å². The second kappa shape index (κ2) is 17.4. The number of fused-ring (bicyclic) bond motifs is 2. The van der Waals surface area contributed by atoms with E-state index in [-0.39, 0.29) is 47.7 Å². The molecule has 16 nitrogen and oxygen atoms in total. The van der Waals surface area contributed by atoms with Crippen molar-refractivity contribution < 1.29 is 33.1 Å². The van der Waals surface area contributed by atoms with Crippen molar-refractivity contribution in [1.82, 2.24) is 39.5 Å². The lowest BCUT2D eigenvalue weighted by Crippen LogP contribution is -2.48. The third kappa shape index (κ3) is 8.69. The molecule has 8 heterocycles. The molecular weight excluding hydrogens is 857 g/mol. The summed E-state index contributed by atoms with van der Waals surface area (Å²) >= 11 is 1.30. The van der Waals surface area contributed by atoms with Crippen molar-refractivity contribution in [3.05, 3.63) is 101 Å². The first kappa shape index (κ1) is 42.4. The molecule has 4 N–H and O–H groups in total. The fraction of sp³-hybridized carbons (Fsp3) is 0.391. The van der Waals surface area contributed by atoms with Gasteiger partial charge in [-0.15, -0.1) is 11.3 Å². The van der Waals surface area contributed by atoms with Gasteiger partial charge in [0.2, 0.25) is 17.7 Å². The fourth-order valence-corrected chi connectivity index (χ4v) is 10.2. The number of anilines is 3. The Labute approximate surface area is 376 Å². The van der Waals surface area contributed by atoms with E-state index in [2.05, 4.69) is 30.8 Å². The minimum absolute atomic E-state index is 0.00156. The quantitative estimate of drug-likeness (QED) is 0.119. The first-order valence-electron chi connectivity index (χ1n) is 22.0. The Morgan fingerprint density at radius 1 is 0.938 bits per heavy atom. The molecular formula is C46H47F2N11O5S. The highest BCUT2D eigenvalue weighted by atomic mass is 32.1. The number of benzene rings is 2. The summed E-state index contributed by atoms with van der Waals surface area (Å²) in [4.78, 5) is 68.1. The summed E-state index contributed by atoms with van der Waals surface area (Å²) in [6.07, 6.45) is 10.8. The largest absolute Gasteiger partial charge is 0.389 e. The van der Waals surface area contributed by atoms with Crippen LogP contribution in [-0.4, -0.2) is 101 Å². The van der Waals surface area contributed by atoms with Gasteiger partial charge in [0.1, 0.15) is 23.5 Å². The number of amides is 4. The number of aromatic nitrogens is 6. The number of hydrogen-bond donors (Lipinski definition) is 4. The monoisotopic (exact) mass is 903 g/mol. The zero-order valence-electron chi connectivity index (χ0n) is 35.4. The van der Waals surface area contributed by atoms with Crippen LogP contribution in [0.25, 0.3) is 22.0 Å². The van der Waals surface area contributed by atoms with Crippen LogP contribution in [0.1, 0.15) is 80.3 Å². The number of carbonyl (C=O) groups is 4. The number of halogens is 2. The van der Waals surface area contributed by atoms with E-state index in [9.17, 15) is 24.3 Å². The second-order valence-corrected chi connectivity index (χ2v) is 18.3. The average molecular weight is 904 g/mol. The van der Waals surface area contributed by atoms with Gasteiger partial charge in [-0.3, -0.25) is 34.5 Å². The molecule has 0 bridgehead atoms. The summed E-state index contributed by atoms with van der Waals surface area (Å²) < 4.78 is 34.6. The SMILES string of the molecule is O=C1CCC(Nc2ccc(C3CCN(C(=O)CC4(O)CCN(c5ccc(-c6cc(F)c7cn(C(C(=O)Nc8nccs8)c8ncn9c8CCC9)nc7c6)cn5)CC4)CC3)c(F)c2)C(=O)N1. The first-order chi connectivity index (χ1) is 31.5. The molecule has 2 atom stereocenters. The molecule has 0 saturated carbocycles. The molecule has 0 spiro atoms. The van der Waals surface area contributed by atoms with Gasteiger partial charge in [0, 0.05) is 80.1 Å². The Bertz CT molecular complexity index is 2780. The second-order valence-electron chi connectivity index (χ2n) is 17.4. The zero-order valence-corrected chi connectivity index (χ0v) is 36.2. The molecule has 0 aliphatic carbocycles. The molecule has 4 aliphatic rings. The van der Waals surface area contributed by atoms with Gasteiger partial charge in [0.05, 0.1) is 34.9 Å². The van der Waals surface area contributed by atoms with Gasteiger partial charge in [0.25, 0.3) is 5.91 Å². The number of imide groups is 1. The summed E-state index contributed by atoms with van der Waals surface area (Å²) in [5.74, 6) is -1.48. The zero-order chi connectivity index (χ0) is 44.8. The number of rotatable bonds is 11. The molecule has 10 rings (SSSR count). The average Bonchev–Trinajstić information content (AvgIpc) is 4.13. The van der Waals surface area contributed by atoms with Crippen molar-refractivity contribution in [3.63, 3.8) is 0 Å². The van der Waals surface area contributed by atoms with Gasteiger partial charge in [-0.25, -0.2) is 23.7 Å². The van der Waals surface area contributed by atoms with Gasteiger partial charge < -0.3 is 24.8 Å². The lowest BCUT2D eigenvalue weighted by molar-refractivity contribution is -0.138. The molecule has 6 aromatic rings. The molecule has 3 fully saturated rings. The molecule has 4 amide bonds. The lowest BCUT2D eigenvalue weighted by atomic mass is 9.86. The number of aryl methyl sites for hydroxylation is 1. The summed E-state index contributed by atoms with van der Waals surface area (Å²) in [7, 11) is 0. The summed E-state index contributed by atoms with van der Waals surface area (Å²) in [6, 6.07) is 10.2. The van der Waals surface area contributed by atoms with Crippen LogP contribution in [0.2, 0.25) is 0 Å². The smallest absolute Gasteiger partial charge is 0.257 e. The molecule has 3 saturated heterocycles. The van der Waals surface area contributed by atoms with Crippen LogP contribution >= 0.6 is 11.3 Å². The number of hydrogen-bond acceptors (Lipinski definition) is 12. The summed E-state index contributed by atoms with van der Waals surface area (Å²) in [6.45, 7) is 2.70. The Balaban J connectivity index is 0.744. The van der Waals surface area contributed by atoms with E-state index in [0.717, 1.165) is 25.1 Å². The van der Waals surface area contributed by atoms with E-state index < -0.39 is 29.4 Å². The number of nitrogens with zero attached hydrogens (tertiary/aromatic N) is 8. The van der Waals surface area contributed by atoms with E-state index in [0.29, 0.717) is 103 Å². The number of carbonyl (C=O) groups excluding carboxylic acids is 4. The fourth-order valence-electron chi connectivity index (χ4n) is 9.65. The van der Waals surface area contributed by atoms with Crippen molar-refractivity contribution in [2.24, 2.45) is 0 Å². The van der Waals surface area contributed by atoms with E-state index in [1.54, 1.807) is 53.4 Å². The third-order valence-electron chi connectivity index (χ3n) is 13.3. The standard InChI is InChI=1S/C46H47F2N11O5S/c47-33-20-29(21-36-32(33)25-59(55-36)42(44(63)54-45-49-13-19-65-45)41-37-2-1-14-58(37)26-51-41)28-3-7-38(50-24-28)56-17-11-46(64,12-18-56)23-40(61)57-15-9-27(10-16-57)31-5-4-30(22-34(31)48)52-35-6-8-39(60)53-43(35)62/h3-5,7,13,19-22,24-27,35,42,52,64H,1-2,6,8-12,14-18,23H2,(H,49,54,63)(H,53,60,62). The Hall–Kier alpha value is -6.60. The van der Waals surface area contributed by atoms with Crippen LogP contribution in [0.4, 0.5) is 25.4 Å². The van der Waals surface area contributed by atoms with Gasteiger partial charge in [-0.1, -0.05) is 6.07 Å². The topological polar surface area (TPSA) is 192 Å². The van der Waals surface area contributed by atoms with E-state index in [1.165, 1.54) is 28.2 Å². The normalized spacial score (nSPS) is 19.3. The lowest BCUT2D eigenvalue weighted by Gasteiger charge is -2.40. The van der Waals surface area contributed by atoms with Crippen molar-refractivity contribution in [2.45, 2.75) is 87.9 Å². The van der Waals surface area contributed by atoms with Gasteiger partial charge in [0.15, 0.2) is 11.2 Å². The number of thiazole rings is 1. The van der Waals surface area contributed by atoms with E-state index in [1.807, 2.05) is 16.7 Å². The highest BCUT2D eigenvalue weighted by molar-refractivity contribution is 7.13. The van der Waals surface area contributed by atoms with Gasteiger partial charge >= 0.3 is 0 Å². The van der Waals surface area contributed by atoms with Crippen LogP contribution < -0.4 is 20.9 Å². The van der Waals surface area contributed by atoms with E-state index in [4.69, 9.17) is 10.1 Å². The van der Waals surface area contributed by atoms with Crippen molar-refractivity contribution >= 4 is 62.5 Å². The third-order valence-corrected chi connectivity index (χ3v) is 14.0. The number of nitrogens with one attached hydrogen (secondary N) is 3. The minimum Gasteiger partial charge on any atom is -0.389 e. The van der Waals surface area contributed by atoms with Crippen molar-refractivity contribution in [3.8, 4) is 11.1 Å². The number of aliphatic hydroxyl groups is 1. The van der Waals surface area contributed by atoms with Crippen LogP contribution in [0.5, 0.6) is 0 Å². The first-order valence-corrected chi connectivity index (χ1v) is 22.9. The van der Waals surface area contributed by atoms with Crippen molar-refractivity contribution in [2.75, 3.05) is 41.7 Å². The molecule has 2 aromatic carbocycles. The van der Waals surface area contributed by atoms with Crippen LogP contribution in [0.15, 0.2) is 72.8 Å². The minimum atomic E-state index is -1.17. The van der Waals surface area contributed by atoms with Gasteiger partial charge in [-0.2, -0.15) is 5.10 Å². The maximum absolute atomic E-state index is 15.8. The Morgan fingerprint density at radius 2 is 1.77 bits per heavy atom. The Morgan fingerprint density at radius 3 is 2.51 bits per heavy atom. The van der Waals surface area contributed by atoms with Crippen LogP contribution in [0.3, 0.4) is 0 Å². The maximum Gasteiger partial charge on any atom is 0.257 e. The predicted octanol–water partition coefficient (Wildman–Crippen LogP) is 5.55. The molecule has 4 aromatic heterocycles. The molecule has 19 heteroatoms. The molecule has 4 aliphatic heterocycles. The number of likely N-dealkylation sites (tertiary alicyclic amines) is 1. The number of imidazole rings is 1. The van der Waals surface area contributed by atoms with Crippen LogP contribution in [-0.2, 0) is 32.1 Å². The molecule has 336 valence electrons. The van der Waals surface area contributed by atoms with Crippen LogP contribution in [0, 0.1) is 11.6 Å². The molecule has 65 heavy (non-hydrogen) atoms. The Kier molecular flexibility index (Phi) is 11.3. The van der Waals surface area contributed by atoms with Gasteiger partial charge in [-0.05, 0) is 98.4 Å². The molecule has 2 unspecified atom stereocenters. The van der Waals surface area contributed by atoms with E-state index >= 15 is 8.78 Å². The summed E-state index contributed by atoms with van der Waals surface area (Å²) in [5, 5.41) is 26.9.